The third-order valence-electron chi connectivity index (χ3n) is 3.26. The van der Waals surface area contributed by atoms with E-state index in [1.54, 1.807) is 0 Å². The molecule has 0 unspecified atom stereocenters. The Morgan fingerprint density at radius 2 is 0.895 bits per heavy atom. The van der Waals surface area contributed by atoms with Crippen molar-refractivity contribution < 1.29 is 0 Å². The number of nitrogens with two attached hydrogens (primary N) is 4. The number of benzene rings is 2. The fraction of sp³-hybridized carbons (Fsp3) is 0.143. The molecular weight excluding hydrogens is 238 g/mol. The Labute approximate surface area is 112 Å². The van der Waals surface area contributed by atoms with Crippen molar-refractivity contribution >= 4 is 34.1 Å². The summed E-state index contributed by atoms with van der Waals surface area (Å²) >= 11 is 0. The highest BCUT2D eigenvalue weighted by atomic mass is 14.9. The van der Waals surface area contributed by atoms with E-state index in [9.17, 15) is 0 Å². The standard InChI is InChI=1S/C14H19N5/c1-7-11(15)3-9(4-12(7)16)19-10-5-13(17)8(2)14(18)6-10/h3-6,19H,15-18H2,1-2H3. The van der Waals surface area contributed by atoms with Crippen LogP contribution in [0.4, 0.5) is 34.1 Å². The molecule has 0 bridgehead atoms. The zero-order chi connectivity index (χ0) is 14.2. The minimum absolute atomic E-state index is 0.649. The Kier molecular flexibility index (Phi) is 3.12. The number of anilines is 6. The summed E-state index contributed by atoms with van der Waals surface area (Å²) in [5, 5.41) is 3.20. The van der Waals surface area contributed by atoms with E-state index in [0.717, 1.165) is 22.5 Å². The van der Waals surface area contributed by atoms with Crippen LogP contribution in [0.1, 0.15) is 11.1 Å². The average Bonchev–Trinajstić information content (AvgIpc) is 2.33. The first kappa shape index (κ1) is 12.9. The number of nitrogen functional groups attached to an aromatic ring is 4. The Morgan fingerprint density at radius 1 is 0.632 bits per heavy atom. The van der Waals surface area contributed by atoms with E-state index in [4.69, 9.17) is 22.9 Å². The van der Waals surface area contributed by atoms with Crippen molar-refractivity contribution in [2.45, 2.75) is 13.8 Å². The summed E-state index contributed by atoms with van der Waals surface area (Å²) in [7, 11) is 0. The van der Waals surface area contributed by atoms with E-state index in [1.165, 1.54) is 0 Å². The fourth-order valence-corrected chi connectivity index (χ4v) is 1.83. The monoisotopic (exact) mass is 257 g/mol. The number of nitrogens with one attached hydrogen (secondary N) is 1. The Hall–Kier alpha value is -2.56. The maximum atomic E-state index is 5.89. The molecule has 0 atom stereocenters. The molecule has 0 aromatic heterocycles. The van der Waals surface area contributed by atoms with E-state index in [2.05, 4.69) is 5.32 Å². The number of rotatable bonds is 2. The molecule has 0 radical (unpaired) electrons. The molecule has 0 saturated heterocycles. The van der Waals surface area contributed by atoms with Crippen molar-refractivity contribution in [2.75, 3.05) is 28.3 Å². The number of hydrogen-bond donors (Lipinski definition) is 5. The van der Waals surface area contributed by atoms with Gasteiger partial charge in [0.1, 0.15) is 0 Å². The third kappa shape index (κ3) is 2.49. The van der Waals surface area contributed by atoms with Crippen LogP contribution in [0.15, 0.2) is 24.3 Å². The van der Waals surface area contributed by atoms with Crippen LogP contribution in [0.5, 0.6) is 0 Å². The molecular formula is C14H19N5. The van der Waals surface area contributed by atoms with Gasteiger partial charge in [-0.25, -0.2) is 0 Å². The van der Waals surface area contributed by atoms with Crippen LogP contribution in [-0.2, 0) is 0 Å². The second-order valence-electron chi connectivity index (χ2n) is 4.68. The molecule has 5 heteroatoms. The predicted molar refractivity (Wildman–Crippen MR) is 83.3 cm³/mol. The van der Waals surface area contributed by atoms with Gasteiger partial charge in [0.2, 0.25) is 0 Å². The zero-order valence-electron chi connectivity index (χ0n) is 11.1. The van der Waals surface area contributed by atoms with Crippen LogP contribution in [0.2, 0.25) is 0 Å². The highest BCUT2D eigenvalue weighted by Crippen LogP contribution is 2.29. The summed E-state index contributed by atoms with van der Waals surface area (Å²) in [5.41, 5.74) is 29.5. The molecule has 0 aliphatic carbocycles. The van der Waals surface area contributed by atoms with Crippen molar-refractivity contribution in [3.63, 3.8) is 0 Å². The molecule has 2 aromatic carbocycles. The molecule has 2 rings (SSSR count). The Bertz CT molecular complexity index is 532. The van der Waals surface area contributed by atoms with Crippen LogP contribution >= 0.6 is 0 Å². The largest absolute Gasteiger partial charge is 0.398 e. The topological polar surface area (TPSA) is 116 Å². The van der Waals surface area contributed by atoms with Crippen molar-refractivity contribution in [2.24, 2.45) is 0 Å². The maximum absolute atomic E-state index is 5.89. The minimum atomic E-state index is 0.649. The Morgan fingerprint density at radius 3 is 1.16 bits per heavy atom. The molecule has 0 heterocycles. The fourth-order valence-electron chi connectivity index (χ4n) is 1.83. The van der Waals surface area contributed by atoms with Gasteiger partial charge in [0.05, 0.1) is 0 Å². The van der Waals surface area contributed by atoms with E-state index < -0.39 is 0 Å². The van der Waals surface area contributed by atoms with E-state index in [0.29, 0.717) is 22.7 Å². The minimum Gasteiger partial charge on any atom is -0.398 e. The van der Waals surface area contributed by atoms with Gasteiger partial charge in [0.15, 0.2) is 0 Å². The lowest BCUT2D eigenvalue weighted by molar-refractivity contribution is 1.43. The van der Waals surface area contributed by atoms with Gasteiger partial charge in [-0.2, -0.15) is 0 Å². The SMILES string of the molecule is Cc1c(N)cc(Nc2cc(N)c(C)c(N)c2)cc1N. The van der Waals surface area contributed by atoms with Crippen LogP contribution in [-0.4, -0.2) is 0 Å². The molecule has 0 fully saturated rings. The van der Waals surface area contributed by atoms with E-state index in [-0.39, 0.29) is 0 Å². The van der Waals surface area contributed by atoms with Gasteiger partial charge in [-0.1, -0.05) is 0 Å². The van der Waals surface area contributed by atoms with Crippen LogP contribution in [0.3, 0.4) is 0 Å². The molecule has 0 spiro atoms. The molecule has 0 aliphatic rings. The van der Waals surface area contributed by atoms with Crippen LogP contribution < -0.4 is 28.3 Å². The van der Waals surface area contributed by atoms with Crippen molar-refractivity contribution in [1.82, 2.24) is 0 Å². The lowest BCUT2D eigenvalue weighted by Gasteiger charge is -2.13. The summed E-state index contributed by atoms with van der Waals surface area (Å²) in [6, 6.07) is 7.33. The highest BCUT2D eigenvalue weighted by Gasteiger charge is 2.05. The maximum Gasteiger partial charge on any atom is 0.0425 e. The molecule has 0 aliphatic heterocycles. The predicted octanol–water partition coefficient (Wildman–Crippen LogP) is 2.38. The van der Waals surface area contributed by atoms with Crippen molar-refractivity contribution in [3.8, 4) is 0 Å². The summed E-state index contributed by atoms with van der Waals surface area (Å²) in [6.45, 7) is 3.77. The quantitative estimate of drug-likeness (QED) is 0.530. The van der Waals surface area contributed by atoms with Gasteiger partial charge in [-0.15, -0.1) is 0 Å². The first-order chi connectivity index (χ1) is 8.88. The first-order valence-electron chi connectivity index (χ1n) is 5.96. The summed E-state index contributed by atoms with van der Waals surface area (Å²) in [5.74, 6) is 0. The summed E-state index contributed by atoms with van der Waals surface area (Å²) < 4.78 is 0. The van der Waals surface area contributed by atoms with Crippen molar-refractivity contribution in [3.05, 3.63) is 35.4 Å². The third-order valence-corrected chi connectivity index (χ3v) is 3.26. The summed E-state index contributed by atoms with van der Waals surface area (Å²) in [4.78, 5) is 0. The van der Waals surface area contributed by atoms with Gasteiger partial charge in [-0.05, 0) is 49.2 Å². The second kappa shape index (κ2) is 4.61. The van der Waals surface area contributed by atoms with Gasteiger partial charge < -0.3 is 28.3 Å². The van der Waals surface area contributed by atoms with Gasteiger partial charge >= 0.3 is 0 Å². The first-order valence-corrected chi connectivity index (χ1v) is 5.96. The molecule has 9 N–H and O–H groups in total. The molecule has 0 amide bonds. The van der Waals surface area contributed by atoms with Crippen molar-refractivity contribution in [1.29, 1.82) is 0 Å². The molecule has 5 nitrogen and oxygen atoms in total. The van der Waals surface area contributed by atoms with Gasteiger partial charge in [-0.3, -0.25) is 0 Å². The lowest BCUT2D eigenvalue weighted by Crippen LogP contribution is -2.01. The summed E-state index contributed by atoms with van der Waals surface area (Å²) in [6.07, 6.45) is 0. The molecule has 2 aromatic rings. The molecule has 100 valence electrons. The number of hydrogen-bond acceptors (Lipinski definition) is 5. The van der Waals surface area contributed by atoms with E-state index in [1.807, 2.05) is 38.1 Å². The Balaban J connectivity index is 2.36. The van der Waals surface area contributed by atoms with Crippen LogP contribution in [0, 0.1) is 13.8 Å². The smallest absolute Gasteiger partial charge is 0.0425 e. The molecule has 19 heavy (non-hydrogen) atoms. The van der Waals surface area contributed by atoms with Gasteiger partial charge in [0.25, 0.3) is 0 Å². The average molecular weight is 257 g/mol. The van der Waals surface area contributed by atoms with Gasteiger partial charge in [0, 0.05) is 34.1 Å². The zero-order valence-corrected chi connectivity index (χ0v) is 11.1. The lowest BCUT2D eigenvalue weighted by atomic mass is 10.1. The molecule has 0 saturated carbocycles. The van der Waals surface area contributed by atoms with E-state index >= 15 is 0 Å². The van der Waals surface area contributed by atoms with Crippen LogP contribution in [0.25, 0.3) is 0 Å². The highest BCUT2D eigenvalue weighted by molar-refractivity contribution is 5.77. The normalized spacial score (nSPS) is 10.4. The second-order valence-corrected chi connectivity index (χ2v) is 4.68.